The van der Waals surface area contributed by atoms with E-state index in [-0.39, 0.29) is 5.69 Å². The van der Waals surface area contributed by atoms with Gasteiger partial charge >= 0.3 is 6.18 Å². The van der Waals surface area contributed by atoms with Gasteiger partial charge in [0.25, 0.3) is 5.91 Å². The third kappa shape index (κ3) is 2.25. The van der Waals surface area contributed by atoms with Crippen LogP contribution in [0.3, 0.4) is 0 Å². The molecule has 2 aromatic rings. The van der Waals surface area contributed by atoms with Gasteiger partial charge in [0, 0.05) is 16.9 Å². The topological polar surface area (TPSA) is 49.4 Å². The van der Waals surface area contributed by atoms with Crippen LogP contribution in [-0.2, 0) is 20.6 Å². The summed E-state index contributed by atoms with van der Waals surface area (Å²) in [6.45, 7) is 1.65. The van der Waals surface area contributed by atoms with Gasteiger partial charge in [-0.15, -0.1) is 11.8 Å². The zero-order chi connectivity index (χ0) is 18.7. The van der Waals surface area contributed by atoms with Gasteiger partial charge < -0.3 is 5.32 Å². The maximum Gasteiger partial charge on any atom is 0.416 e. The van der Waals surface area contributed by atoms with E-state index in [0.717, 1.165) is 23.9 Å². The lowest BCUT2D eigenvalue weighted by Gasteiger charge is -2.32. The summed E-state index contributed by atoms with van der Waals surface area (Å²) in [5.41, 5.74) is 0.316. The highest BCUT2D eigenvalue weighted by atomic mass is 32.2. The number of fused-ring (bicyclic) bond motifs is 2. The second-order valence-electron chi connectivity index (χ2n) is 6.13. The molecule has 0 bridgehead atoms. The minimum Gasteiger partial charge on any atom is -0.323 e. The lowest BCUT2D eigenvalue weighted by molar-refractivity contribution is -0.137. The molecule has 2 amide bonds. The van der Waals surface area contributed by atoms with E-state index >= 15 is 0 Å². The van der Waals surface area contributed by atoms with Gasteiger partial charge in [-0.3, -0.25) is 14.5 Å². The van der Waals surface area contributed by atoms with Crippen LogP contribution >= 0.6 is 11.8 Å². The van der Waals surface area contributed by atoms with Crippen molar-refractivity contribution < 1.29 is 22.8 Å². The third-order valence-electron chi connectivity index (χ3n) is 4.51. The number of thioether (sulfide) groups is 1. The number of benzene rings is 2. The van der Waals surface area contributed by atoms with Crippen molar-refractivity contribution in [1.82, 2.24) is 0 Å². The summed E-state index contributed by atoms with van der Waals surface area (Å²) in [6, 6.07) is 11.4. The van der Waals surface area contributed by atoms with Crippen molar-refractivity contribution in [2.45, 2.75) is 23.2 Å². The first kappa shape index (κ1) is 17.0. The fourth-order valence-electron chi connectivity index (χ4n) is 3.38. The summed E-state index contributed by atoms with van der Waals surface area (Å²) in [5, 5.41) is 2.17. The number of halogens is 3. The van der Waals surface area contributed by atoms with Crippen molar-refractivity contribution >= 4 is 35.0 Å². The van der Waals surface area contributed by atoms with Crippen LogP contribution in [0.2, 0.25) is 0 Å². The highest BCUT2D eigenvalue weighted by molar-refractivity contribution is 8.03. The van der Waals surface area contributed by atoms with Gasteiger partial charge in [-0.2, -0.15) is 13.2 Å². The standard InChI is InChI=1S/C18H13F3N2O2S/c1-10-15(24)23(12-6-4-5-11(9-12)18(19,20)21)17(26-10)13-7-2-3-8-14(13)22-16(17)25/h2-10H,1H3,(H,22,25)/t10-,17-/m0/s1. The molecule has 1 fully saturated rings. The van der Waals surface area contributed by atoms with Crippen molar-refractivity contribution in [3.63, 3.8) is 0 Å². The number of rotatable bonds is 1. The molecule has 8 heteroatoms. The van der Waals surface area contributed by atoms with E-state index in [4.69, 9.17) is 0 Å². The van der Waals surface area contributed by atoms with E-state index in [0.29, 0.717) is 11.3 Å². The molecule has 0 saturated carbocycles. The molecule has 2 atom stereocenters. The summed E-state index contributed by atoms with van der Waals surface area (Å²) in [7, 11) is 0. The molecule has 134 valence electrons. The number of carbonyl (C=O) groups excluding carboxylic acids is 2. The molecular formula is C18H13F3N2O2S. The van der Waals surface area contributed by atoms with Crippen LogP contribution in [0.15, 0.2) is 48.5 Å². The molecule has 26 heavy (non-hydrogen) atoms. The molecule has 2 heterocycles. The van der Waals surface area contributed by atoms with E-state index in [9.17, 15) is 22.8 Å². The molecule has 0 radical (unpaired) electrons. The van der Waals surface area contributed by atoms with E-state index in [1.165, 1.54) is 17.0 Å². The highest BCUT2D eigenvalue weighted by Gasteiger charge is 2.60. The Labute approximate surface area is 151 Å². The predicted octanol–water partition coefficient (Wildman–Crippen LogP) is 3.98. The Morgan fingerprint density at radius 1 is 1.12 bits per heavy atom. The Morgan fingerprint density at radius 3 is 2.58 bits per heavy atom. The number of hydrogen-bond acceptors (Lipinski definition) is 3. The number of para-hydroxylation sites is 1. The molecular weight excluding hydrogens is 365 g/mol. The fraction of sp³-hybridized carbons (Fsp3) is 0.222. The lowest BCUT2D eigenvalue weighted by Crippen LogP contribution is -2.47. The first-order valence-corrected chi connectivity index (χ1v) is 8.73. The number of nitrogens with zero attached hydrogens (tertiary/aromatic N) is 1. The molecule has 1 N–H and O–H groups in total. The van der Waals surface area contributed by atoms with Gasteiger partial charge in [-0.1, -0.05) is 24.3 Å². The Hall–Kier alpha value is -2.48. The minimum absolute atomic E-state index is 0.0496. The molecule has 2 aromatic carbocycles. The Bertz CT molecular complexity index is 931. The summed E-state index contributed by atoms with van der Waals surface area (Å²) < 4.78 is 39.4. The summed E-state index contributed by atoms with van der Waals surface area (Å²) >= 11 is 1.13. The van der Waals surface area contributed by atoms with Crippen LogP contribution in [0.4, 0.5) is 24.5 Å². The first-order valence-electron chi connectivity index (χ1n) is 7.85. The Balaban J connectivity index is 1.92. The maximum absolute atomic E-state index is 13.1. The van der Waals surface area contributed by atoms with Crippen molar-refractivity contribution in [2.24, 2.45) is 0 Å². The predicted molar refractivity (Wildman–Crippen MR) is 92.7 cm³/mol. The van der Waals surface area contributed by atoms with E-state index in [1.807, 2.05) is 0 Å². The SMILES string of the molecule is C[C@@H]1S[C@@]2(C(=O)Nc3ccccc32)N(c2cccc(C(F)(F)F)c2)C1=O. The summed E-state index contributed by atoms with van der Waals surface area (Å²) in [5.74, 6) is -0.833. The van der Waals surface area contributed by atoms with Crippen LogP contribution in [0.5, 0.6) is 0 Å². The summed E-state index contributed by atoms with van der Waals surface area (Å²) in [4.78, 5) is 25.5. The quantitative estimate of drug-likeness (QED) is 0.817. The van der Waals surface area contributed by atoms with Crippen molar-refractivity contribution in [1.29, 1.82) is 0 Å². The molecule has 4 rings (SSSR count). The van der Waals surface area contributed by atoms with E-state index in [1.54, 1.807) is 31.2 Å². The van der Waals surface area contributed by atoms with Crippen molar-refractivity contribution in [3.05, 3.63) is 59.7 Å². The molecule has 2 aliphatic rings. The van der Waals surface area contributed by atoms with E-state index < -0.39 is 33.7 Å². The molecule has 0 aliphatic carbocycles. The maximum atomic E-state index is 13.1. The smallest absolute Gasteiger partial charge is 0.323 e. The highest BCUT2D eigenvalue weighted by Crippen LogP contribution is 2.56. The molecule has 1 spiro atoms. The van der Waals surface area contributed by atoms with Crippen molar-refractivity contribution in [3.8, 4) is 0 Å². The number of hydrogen-bond donors (Lipinski definition) is 1. The second-order valence-corrected chi connectivity index (χ2v) is 7.66. The molecule has 2 aliphatic heterocycles. The number of anilines is 2. The number of carbonyl (C=O) groups is 2. The van der Waals surface area contributed by atoms with Crippen molar-refractivity contribution in [2.75, 3.05) is 10.2 Å². The van der Waals surface area contributed by atoms with Gasteiger partial charge in [0.2, 0.25) is 10.8 Å². The average molecular weight is 378 g/mol. The van der Waals surface area contributed by atoms with Crippen LogP contribution in [-0.4, -0.2) is 17.1 Å². The Morgan fingerprint density at radius 2 is 1.85 bits per heavy atom. The number of alkyl halides is 3. The molecule has 1 saturated heterocycles. The zero-order valence-electron chi connectivity index (χ0n) is 13.5. The average Bonchev–Trinajstić information content (AvgIpc) is 3.02. The van der Waals surface area contributed by atoms with Crippen LogP contribution in [0.25, 0.3) is 0 Å². The number of nitrogens with one attached hydrogen (secondary N) is 1. The monoisotopic (exact) mass is 378 g/mol. The molecule has 0 unspecified atom stereocenters. The van der Waals surface area contributed by atoms with Crippen LogP contribution in [0.1, 0.15) is 18.1 Å². The largest absolute Gasteiger partial charge is 0.416 e. The van der Waals surface area contributed by atoms with Gasteiger partial charge in [0.1, 0.15) is 0 Å². The van der Waals surface area contributed by atoms with Crippen LogP contribution in [0, 0.1) is 0 Å². The lowest BCUT2D eigenvalue weighted by atomic mass is 10.0. The fourth-order valence-corrected chi connectivity index (χ4v) is 4.86. The van der Waals surface area contributed by atoms with Gasteiger partial charge in [-0.25, -0.2) is 0 Å². The second kappa shape index (κ2) is 5.51. The first-order chi connectivity index (χ1) is 12.2. The molecule has 0 aromatic heterocycles. The van der Waals surface area contributed by atoms with Gasteiger partial charge in [0.15, 0.2) is 0 Å². The zero-order valence-corrected chi connectivity index (χ0v) is 14.3. The van der Waals surface area contributed by atoms with Crippen LogP contribution < -0.4 is 10.2 Å². The molecule has 4 nitrogen and oxygen atoms in total. The van der Waals surface area contributed by atoms with E-state index in [2.05, 4.69) is 5.32 Å². The van der Waals surface area contributed by atoms with Gasteiger partial charge in [-0.05, 0) is 31.2 Å². The minimum atomic E-state index is -4.54. The van der Waals surface area contributed by atoms with Gasteiger partial charge in [0.05, 0.1) is 10.8 Å². The third-order valence-corrected chi connectivity index (χ3v) is 5.99. The number of amides is 2. The normalized spacial score (nSPS) is 24.9. The summed E-state index contributed by atoms with van der Waals surface area (Å²) in [6.07, 6.45) is -4.54. The Kier molecular flexibility index (Phi) is 3.59.